The zero-order valence-corrected chi connectivity index (χ0v) is 18.5. The summed E-state index contributed by atoms with van der Waals surface area (Å²) in [6.07, 6.45) is 6.91. The molecule has 0 unspecified atom stereocenters. The third-order valence-corrected chi connectivity index (χ3v) is 7.53. The van der Waals surface area contributed by atoms with Crippen molar-refractivity contribution < 1.29 is 14.7 Å². The minimum absolute atomic E-state index is 0.174. The molecule has 4 nitrogen and oxygen atoms in total. The van der Waals surface area contributed by atoms with Crippen molar-refractivity contribution >= 4 is 33.3 Å². The average Bonchev–Trinajstić information content (AvgIpc) is 3.09. The van der Waals surface area contributed by atoms with E-state index in [1.54, 1.807) is 21.6 Å². The van der Waals surface area contributed by atoms with Gasteiger partial charge >= 0.3 is 0 Å². The van der Waals surface area contributed by atoms with Crippen LogP contribution in [0, 0.1) is 0 Å². The zero-order valence-electron chi connectivity index (χ0n) is 16.8. The van der Waals surface area contributed by atoms with Gasteiger partial charge in [-0.05, 0) is 37.8 Å². The highest BCUT2D eigenvalue weighted by molar-refractivity contribution is 8.76. The summed E-state index contributed by atoms with van der Waals surface area (Å²) >= 11 is 0. The van der Waals surface area contributed by atoms with Crippen molar-refractivity contribution in [1.82, 2.24) is 4.90 Å². The first-order chi connectivity index (χ1) is 13.6. The van der Waals surface area contributed by atoms with E-state index in [9.17, 15) is 14.7 Å². The number of aliphatic hydroxyl groups excluding tert-OH is 1. The van der Waals surface area contributed by atoms with Crippen molar-refractivity contribution in [2.24, 2.45) is 0 Å². The fraction of sp³-hybridized carbons (Fsp3) is 0.636. The first kappa shape index (κ1) is 23.3. The maximum Gasteiger partial charge on any atom is 0.222 e. The maximum absolute atomic E-state index is 12.3. The number of rotatable bonds is 13. The smallest absolute Gasteiger partial charge is 0.222 e. The predicted molar refractivity (Wildman–Crippen MR) is 118 cm³/mol. The zero-order chi connectivity index (χ0) is 20.2. The molecule has 1 aliphatic heterocycles. The first-order valence-electron chi connectivity index (χ1n) is 10.4. The lowest BCUT2D eigenvalue weighted by Gasteiger charge is -2.23. The van der Waals surface area contributed by atoms with Gasteiger partial charge in [0.15, 0.2) is 0 Å². The number of hydrogen-bond donors (Lipinski definition) is 1. The molecule has 2 rings (SSSR count). The van der Waals surface area contributed by atoms with Gasteiger partial charge in [0.1, 0.15) is 5.78 Å². The summed E-state index contributed by atoms with van der Waals surface area (Å²) in [5.41, 5.74) is 0. The van der Waals surface area contributed by atoms with Crippen LogP contribution >= 0.6 is 21.6 Å². The van der Waals surface area contributed by atoms with Gasteiger partial charge < -0.3 is 10.0 Å². The van der Waals surface area contributed by atoms with E-state index in [2.05, 4.69) is 19.1 Å². The van der Waals surface area contributed by atoms with Gasteiger partial charge in [0, 0.05) is 42.5 Å². The van der Waals surface area contributed by atoms with Crippen molar-refractivity contribution in [3.63, 3.8) is 0 Å². The topological polar surface area (TPSA) is 57.6 Å². The molecule has 2 atom stereocenters. The second kappa shape index (κ2) is 13.3. The lowest BCUT2D eigenvalue weighted by Crippen LogP contribution is -2.35. The van der Waals surface area contributed by atoms with Crippen molar-refractivity contribution in [3.8, 4) is 0 Å². The molecule has 1 N–H and O–H groups in total. The van der Waals surface area contributed by atoms with E-state index >= 15 is 0 Å². The fourth-order valence-electron chi connectivity index (χ4n) is 3.55. The van der Waals surface area contributed by atoms with E-state index < -0.39 is 0 Å². The van der Waals surface area contributed by atoms with Crippen molar-refractivity contribution in [3.05, 3.63) is 30.3 Å². The van der Waals surface area contributed by atoms with Crippen molar-refractivity contribution in [1.29, 1.82) is 0 Å². The molecule has 156 valence electrons. The average molecular weight is 424 g/mol. The lowest BCUT2D eigenvalue weighted by atomic mass is 10.1. The molecule has 1 heterocycles. The Morgan fingerprint density at radius 1 is 1.07 bits per heavy atom. The summed E-state index contributed by atoms with van der Waals surface area (Å²) in [7, 11) is 3.46. The summed E-state index contributed by atoms with van der Waals surface area (Å²) in [5.74, 6) is 1.37. The van der Waals surface area contributed by atoms with Gasteiger partial charge in [0.05, 0.1) is 6.10 Å². The molecular weight excluding hydrogens is 390 g/mol. The molecule has 0 saturated carbocycles. The molecule has 28 heavy (non-hydrogen) atoms. The molecule has 0 aliphatic carbocycles. The molecule has 1 saturated heterocycles. The largest absolute Gasteiger partial charge is 0.391 e. The van der Waals surface area contributed by atoms with Crippen molar-refractivity contribution in [2.75, 3.05) is 12.3 Å². The quantitative estimate of drug-likeness (QED) is 0.353. The van der Waals surface area contributed by atoms with Crippen LogP contribution < -0.4 is 0 Å². The molecule has 0 aromatic heterocycles. The third-order valence-electron chi connectivity index (χ3n) is 5.14. The Kier molecular flexibility index (Phi) is 11.1. The van der Waals surface area contributed by atoms with Crippen LogP contribution in [-0.2, 0) is 9.59 Å². The van der Waals surface area contributed by atoms with Crippen LogP contribution in [0.3, 0.4) is 0 Å². The minimum Gasteiger partial charge on any atom is -0.391 e. The summed E-state index contributed by atoms with van der Waals surface area (Å²) in [5, 5.41) is 9.75. The van der Waals surface area contributed by atoms with Gasteiger partial charge in [-0.25, -0.2) is 0 Å². The molecular formula is C22H33NO3S2. The SMILES string of the molecule is CC[C@@H]1C[C@@H](O)CN1C(=O)CCCCCCC(=O)CCSSc1ccccc1. The standard InChI is InChI=1S/C22H33NO3S2/c1-2-18-16-20(25)17-23(18)22(26)13-9-4-3-6-10-19(24)14-15-27-28-21-11-7-5-8-12-21/h5,7-8,11-12,18,20,25H,2-4,6,9-10,13-17H2,1H3/t18-,20-/m1/s1. The number of carbonyl (C=O) groups is 2. The number of hydrogen-bond acceptors (Lipinski definition) is 5. The lowest BCUT2D eigenvalue weighted by molar-refractivity contribution is -0.132. The number of carbonyl (C=O) groups excluding carboxylic acids is 2. The maximum atomic E-state index is 12.3. The summed E-state index contributed by atoms with van der Waals surface area (Å²) in [6.45, 7) is 2.56. The Hall–Kier alpha value is -0.980. The number of ketones is 1. The van der Waals surface area contributed by atoms with Crippen LogP contribution in [0.2, 0.25) is 0 Å². The summed E-state index contributed by atoms with van der Waals surface area (Å²) < 4.78 is 0. The van der Waals surface area contributed by atoms with E-state index in [0.29, 0.717) is 38.0 Å². The van der Waals surface area contributed by atoms with Crippen LogP contribution in [0.15, 0.2) is 35.2 Å². The van der Waals surface area contributed by atoms with Gasteiger partial charge in [-0.1, -0.05) is 59.6 Å². The second-order valence-electron chi connectivity index (χ2n) is 7.42. The second-order valence-corrected chi connectivity index (χ2v) is 9.91. The van der Waals surface area contributed by atoms with Crippen LogP contribution in [0.1, 0.15) is 64.7 Å². The normalized spacial score (nSPS) is 19.1. The van der Waals surface area contributed by atoms with Crippen LogP contribution in [0.4, 0.5) is 0 Å². The number of Topliss-reactive ketones (excluding diaryl/α,β-unsaturated/α-hetero) is 1. The number of nitrogens with zero attached hydrogens (tertiary/aromatic N) is 1. The van der Waals surface area contributed by atoms with Gasteiger partial charge in [-0.15, -0.1) is 0 Å². The Labute approximate surface area is 177 Å². The molecule has 1 aromatic carbocycles. The van der Waals surface area contributed by atoms with Gasteiger partial charge in [-0.3, -0.25) is 9.59 Å². The highest BCUT2D eigenvalue weighted by Crippen LogP contribution is 2.31. The monoisotopic (exact) mass is 423 g/mol. The highest BCUT2D eigenvalue weighted by atomic mass is 33.1. The predicted octanol–water partition coefficient (Wildman–Crippen LogP) is 5.10. The van der Waals surface area contributed by atoms with Crippen LogP contribution in [-0.4, -0.2) is 46.1 Å². The summed E-state index contributed by atoms with van der Waals surface area (Å²) in [4.78, 5) is 27.4. The molecule has 1 aromatic rings. The van der Waals surface area contributed by atoms with E-state index in [4.69, 9.17) is 0 Å². The number of β-amino-alcohol motifs (C(OH)–C–C–N with tert-alkyl or cyclic N) is 1. The number of amides is 1. The molecule has 0 bridgehead atoms. The van der Waals surface area contributed by atoms with Crippen LogP contribution in [0.25, 0.3) is 0 Å². The number of likely N-dealkylation sites (tertiary alicyclic amines) is 1. The van der Waals surface area contributed by atoms with Crippen LogP contribution in [0.5, 0.6) is 0 Å². The van der Waals surface area contributed by atoms with E-state index in [-0.39, 0.29) is 18.1 Å². The molecule has 1 fully saturated rings. The number of benzene rings is 1. The number of unbranched alkanes of at least 4 members (excludes halogenated alkanes) is 3. The fourth-order valence-corrected chi connectivity index (χ4v) is 5.59. The summed E-state index contributed by atoms with van der Waals surface area (Å²) in [6, 6.07) is 10.4. The Balaban J connectivity index is 1.45. The van der Waals surface area contributed by atoms with E-state index in [0.717, 1.165) is 37.9 Å². The first-order valence-corrected chi connectivity index (χ1v) is 12.8. The number of aliphatic hydroxyl groups is 1. The Morgan fingerprint density at radius 3 is 2.50 bits per heavy atom. The highest BCUT2D eigenvalue weighted by Gasteiger charge is 2.32. The van der Waals surface area contributed by atoms with Gasteiger partial charge in [-0.2, -0.15) is 0 Å². The van der Waals surface area contributed by atoms with Gasteiger partial charge in [0.25, 0.3) is 0 Å². The molecule has 6 heteroatoms. The molecule has 1 amide bonds. The third kappa shape index (κ3) is 8.58. The molecule has 1 aliphatic rings. The Bertz CT molecular complexity index is 597. The Morgan fingerprint density at radius 2 is 1.79 bits per heavy atom. The molecule has 0 spiro atoms. The van der Waals surface area contributed by atoms with Gasteiger partial charge in [0.2, 0.25) is 5.91 Å². The van der Waals surface area contributed by atoms with E-state index in [1.165, 1.54) is 4.90 Å². The van der Waals surface area contributed by atoms with Crippen molar-refractivity contribution in [2.45, 2.75) is 81.8 Å². The minimum atomic E-state index is -0.357. The molecule has 0 radical (unpaired) electrons. The van der Waals surface area contributed by atoms with E-state index in [1.807, 2.05) is 23.1 Å².